The minimum atomic E-state index is -1.67. The number of hydrogen-bond donors (Lipinski definition) is 1. The Labute approximate surface area is 296 Å². The molecule has 0 unspecified atom stereocenters. The minimum Gasteiger partial charge on any atom is -0.478 e. The summed E-state index contributed by atoms with van der Waals surface area (Å²) < 4.78 is 23.0. The molecule has 0 spiro atoms. The first kappa shape index (κ1) is 30.2. The number of anilines is 1. The second-order valence-electron chi connectivity index (χ2n) is 13.4. The van der Waals surface area contributed by atoms with Crippen molar-refractivity contribution in [3.8, 4) is 23.0 Å². The third kappa shape index (κ3) is 3.67. The van der Waals surface area contributed by atoms with E-state index in [1.54, 1.807) is 18.2 Å². The summed E-state index contributed by atoms with van der Waals surface area (Å²) in [6.45, 7) is 0.0667. The molecule has 0 radical (unpaired) electrons. The van der Waals surface area contributed by atoms with E-state index >= 15 is 14.4 Å². The second kappa shape index (κ2) is 10.7. The first-order valence-corrected chi connectivity index (χ1v) is 16.8. The Morgan fingerprint density at radius 2 is 1.06 bits per heavy atom. The molecule has 52 heavy (non-hydrogen) atoms. The van der Waals surface area contributed by atoms with Crippen LogP contribution in [0.25, 0.3) is 11.1 Å². The molecule has 2 fully saturated rings. The van der Waals surface area contributed by atoms with Crippen LogP contribution in [0.4, 0.5) is 5.69 Å². The van der Waals surface area contributed by atoms with Crippen LogP contribution in [0.15, 0.2) is 121 Å². The van der Waals surface area contributed by atoms with E-state index in [0.717, 1.165) is 4.90 Å². The highest BCUT2D eigenvalue weighted by Gasteiger charge is 2.82. The van der Waals surface area contributed by atoms with E-state index < -0.39 is 40.4 Å². The molecule has 2 aliphatic carbocycles. The predicted octanol–water partition coefficient (Wildman–Crippen LogP) is 6.03. The van der Waals surface area contributed by atoms with Gasteiger partial charge in [-0.25, -0.2) is 9.69 Å². The molecule has 5 aromatic rings. The third-order valence-corrected chi connectivity index (χ3v) is 11.1. The van der Waals surface area contributed by atoms with Crippen molar-refractivity contribution < 1.29 is 43.2 Å². The summed E-state index contributed by atoms with van der Waals surface area (Å²) in [5.74, 6) is -2.99. The summed E-state index contributed by atoms with van der Waals surface area (Å²) in [4.78, 5) is 59.8. The Hall–Kier alpha value is -6.68. The van der Waals surface area contributed by atoms with Crippen molar-refractivity contribution in [3.05, 3.63) is 149 Å². The number of benzene rings is 5. The van der Waals surface area contributed by atoms with Gasteiger partial charge in [0.1, 0.15) is 0 Å². The minimum absolute atomic E-state index is 0.0334. The number of hydrogen-bond acceptors (Lipinski definition) is 8. The number of aromatic carboxylic acids is 1. The van der Waals surface area contributed by atoms with Crippen LogP contribution in [0, 0.1) is 11.8 Å². The molecule has 3 aliphatic heterocycles. The molecule has 10 rings (SSSR count). The van der Waals surface area contributed by atoms with Gasteiger partial charge in [0.25, 0.3) is 0 Å². The molecule has 0 aromatic heterocycles. The van der Waals surface area contributed by atoms with E-state index in [0.29, 0.717) is 56.4 Å². The number of carboxylic acids is 1. The lowest BCUT2D eigenvalue weighted by atomic mass is 9.59. The largest absolute Gasteiger partial charge is 0.478 e. The van der Waals surface area contributed by atoms with E-state index in [-0.39, 0.29) is 30.6 Å². The fourth-order valence-electron chi connectivity index (χ4n) is 9.26. The molecule has 3 heterocycles. The quantitative estimate of drug-likeness (QED) is 0.213. The Morgan fingerprint density at radius 1 is 0.577 bits per heavy atom. The monoisotopic (exact) mass is 689 g/mol. The zero-order valence-corrected chi connectivity index (χ0v) is 27.3. The van der Waals surface area contributed by atoms with Gasteiger partial charge < -0.3 is 24.1 Å². The number of carbonyl (C=O) groups is 4. The number of fused-ring (bicyclic) bond motifs is 7. The first-order chi connectivity index (χ1) is 25.4. The van der Waals surface area contributed by atoms with Crippen LogP contribution in [0.2, 0.25) is 0 Å². The SMILES string of the molecule is O=C(O)c1cccc(N2C(=O)[C@@H]3[C@H](C2=O)[C@@]2(c4ccccc4)C(=O)[C@@]3(c3ccccc3)C(c3ccc4c(c3)OCO4)=C2c2ccc3c(c2)OCO3)c1. The second-order valence-corrected chi connectivity index (χ2v) is 13.4. The van der Waals surface area contributed by atoms with E-state index in [1.807, 2.05) is 84.9 Å². The van der Waals surface area contributed by atoms with Crippen LogP contribution in [0.1, 0.15) is 32.6 Å². The van der Waals surface area contributed by atoms with Crippen molar-refractivity contribution in [2.75, 3.05) is 18.5 Å². The number of carboxylic acid groups (broad SMARTS) is 1. The fourth-order valence-corrected chi connectivity index (χ4v) is 9.26. The van der Waals surface area contributed by atoms with E-state index in [2.05, 4.69) is 0 Å². The van der Waals surface area contributed by atoms with Gasteiger partial charge in [-0.3, -0.25) is 14.4 Å². The standard InChI is InChI=1S/C42H27NO9/c44-37-35-36(38(45)43(37)28-13-7-8-25(18-28)39(46)47)42(27-11-5-2-6-12-27)34(24-15-17-30-32(20-24)52-22-50-30)33(23-14-16-29-31(19-23)51-21-49-29)41(35,40(42)48)26-9-3-1-4-10-26/h1-20,35-36H,21-22H2,(H,46,47)/t35-,36+,41-,42-/m0/s1. The number of amides is 2. The first-order valence-electron chi connectivity index (χ1n) is 16.8. The number of ketones is 1. The lowest BCUT2D eigenvalue weighted by Gasteiger charge is -2.39. The van der Waals surface area contributed by atoms with Gasteiger partial charge in [-0.05, 0) is 75.9 Å². The number of Topliss-reactive ketones (excluding diaryl/α,β-unsaturated/α-hetero) is 1. The molecule has 5 aliphatic rings. The van der Waals surface area contributed by atoms with Gasteiger partial charge in [0, 0.05) is 0 Å². The van der Waals surface area contributed by atoms with Crippen molar-refractivity contribution in [2.24, 2.45) is 11.8 Å². The van der Waals surface area contributed by atoms with Gasteiger partial charge in [0.05, 0.1) is 33.9 Å². The average Bonchev–Trinajstić information content (AvgIpc) is 3.98. The normalized spacial score (nSPS) is 24.9. The molecule has 1 saturated heterocycles. The van der Waals surface area contributed by atoms with Gasteiger partial charge in [-0.2, -0.15) is 0 Å². The highest BCUT2D eigenvalue weighted by Crippen LogP contribution is 2.74. The molecule has 254 valence electrons. The van der Waals surface area contributed by atoms with Gasteiger partial charge in [-0.15, -0.1) is 0 Å². The van der Waals surface area contributed by atoms with Gasteiger partial charge in [-0.1, -0.05) is 78.9 Å². The van der Waals surface area contributed by atoms with Crippen molar-refractivity contribution >= 4 is 40.4 Å². The zero-order chi connectivity index (χ0) is 35.4. The maximum atomic E-state index is 16.2. The van der Waals surface area contributed by atoms with E-state index in [9.17, 15) is 9.90 Å². The number of nitrogens with zero attached hydrogens (tertiary/aromatic N) is 1. The Balaban J connectivity index is 1.35. The Morgan fingerprint density at radius 3 is 1.54 bits per heavy atom. The maximum absolute atomic E-state index is 16.2. The topological polar surface area (TPSA) is 129 Å². The van der Waals surface area contributed by atoms with Crippen LogP contribution >= 0.6 is 0 Å². The highest BCUT2D eigenvalue weighted by atomic mass is 16.7. The van der Waals surface area contributed by atoms with Crippen LogP contribution in [-0.4, -0.2) is 42.3 Å². The number of rotatable bonds is 6. The Bertz CT molecular complexity index is 2300. The molecule has 1 N–H and O–H groups in total. The lowest BCUT2D eigenvalue weighted by Crippen LogP contribution is -2.45. The fraction of sp³-hybridized carbons (Fsp3) is 0.143. The smallest absolute Gasteiger partial charge is 0.335 e. The van der Waals surface area contributed by atoms with Gasteiger partial charge >= 0.3 is 5.97 Å². The summed E-state index contributed by atoms with van der Waals surface area (Å²) in [5.41, 5.74) is 0.175. The summed E-state index contributed by atoms with van der Waals surface area (Å²) in [6, 6.07) is 35.0. The molecular weight excluding hydrogens is 662 g/mol. The maximum Gasteiger partial charge on any atom is 0.335 e. The predicted molar refractivity (Wildman–Crippen MR) is 186 cm³/mol. The van der Waals surface area contributed by atoms with Crippen molar-refractivity contribution in [2.45, 2.75) is 10.8 Å². The molecule has 4 atom stereocenters. The molecular formula is C42H27NO9. The lowest BCUT2D eigenvalue weighted by molar-refractivity contribution is -0.130. The van der Waals surface area contributed by atoms with Gasteiger partial charge in [0.2, 0.25) is 25.4 Å². The number of ether oxygens (including phenoxy) is 4. The molecule has 2 amide bonds. The highest BCUT2D eigenvalue weighted by molar-refractivity contribution is 6.39. The van der Waals surface area contributed by atoms with Crippen LogP contribution < -0.4 is 23.8 Å². The van der Waals surface area contributed by atoms with Crippen LogP contribution in [0.3, 0.4) is 0 Å². The third-order valence-electron chi connectivity index (χ3n) is 11.1. The van der Waals surface area contributed by atoms with E-state index in [4.69, 9.17) is 18.9 Å². The van der Waals surface area contributed by atoms with Crippen LogP contribution in [0.5, 0.6) is 23.0 Å². The summed E-state index contributed by atoms with van der Waals surface area (Å²) in [6.07, 6.45) is 0. The zero-order valence-electron chi connectivity index (χ0n) is 27.3. The van der Waals surface area contributed by atoms with E-state index in [1.165, 1.54) is 18.2 Å². The van der Waals surface area contributed by atoms with Crippen molar-refractivity contribution in [1.29, 1.82) is 0 Å². The van der Waals surface area contributed by atoms with Crippen LogP contribution in [-0.2, 0) is 25.2 Å². The molecule has 10 nitrogen and oxygen atoms in total. The summed E-state index contributed by atoms with van der Waals surface area (Å²) in [5, 5.41) is 9.83. The summed E-state index contributed by atoms with van der Waals surface area (Å²) in [7, 11) is 0. The Kier molecular flexibility index (Phi) is 6.19. The van der Waals surface area contributed by atoms with Crippen molar-refractivity contribution in [1.82, 2.24) is 0 Å². The summed E-state index contributed by atoms with van der Waals surface area (Å²) >= 11 is 0. The van der Waals surface area contributed by atoms with Crippen molar-refractivity contribution in [3.63, 3.8) is 0 Å². The average molecular weight is 690 g/mol. The van der Waals surface area contributed by atoms with Gasteiger partial charge in [0.15, 0.2) is 28.8 Å². The molecule has 10 heteroatoms. The number of carbonyl (C=O) groups excluding carboxylic acids is 3. The molecule has 5 aromatic carbocycles. The number of allylic oxidation sites excluding steroid dienone is 2. The molecule has 2 bridgehead atoms. The molecule has 1 saturated carbocycles. The number of imide groups is 1.